The Balaban J connectivity index is 3.89. The zero-order chi connectivity index (χ0) is 8.85. The molecule has 0 aliphatic rings. The standard InChI is InChI=1S/C9H15NO/c1-7(2)6-11-9(4)8(3)5-10/h7H,6H2,1-4H3. The minimum atomic E-state index is 0.511. The first-order valence-electron chi connectivity index (χ1n) is 3.78. The molecule has 0 aliphatic carbocycles. The van der Waals surface area contributed by atoms with E-state index < -0.39 is 0 Å². The van der Waals surface area contributed by atoms with Crippen LogP contribution in [0.5, 0.6) is 0 Å². The Bertz CT molecular complexity index is 186. The molecule has 0 aliphatic heterocycles. The highest BCUT2D eigenvalue weighted by molar-refractivity contribution is 5.20. The van der Waals surface area contributed by atoms with Crippen LogP contribution in [-0.2, 0) is 4.74 Å². The van der Waals surface area contributed by atoms with E-state index in [9.17, 15) is 0 Å². The maximum Gasteiger partial charge on any atom is 0.106 e. The Morgan fingerprint density at radius 1 is 1.45 bits per heavy atom. The number of hydrogen-bond donors (Lipinski definition) is 0. The lowest BCUT2D eigenvalue weighted by Crippen LogP contribution is -2.00. The van der Waals surface area contributed by atoms with Gasteiger partial charge in [-0.25, -0.2) is 0 Å². The molecule has 0 saturated heterocycles. The monoisotopic (exact) mass is 153 g/mol. The number of ether oxygens (including phenoxy) is 1. The summed E-state index contributed by atoms with van der Waals surface area (Å²) in [6, 6.07) is 2.04. The fourth-order valence-corrected chi connectivity index (χ4v) is 0.479. The van der Waals surface area contributed by atoms with Gasteiger partial charge < -0.3 is 4.74 Å². The third-order valence-corrected chi connectivity index (χ3v) is 1.33. The van der Waals surface area contributed by atoms with Crippen LogP contribution in [0.1, 0.15) is 27.7 Å². The zero-order valence-electron chi connectivity index (χ0n) is 7.64. The van der Waals surface area contributed by atoms with E-state index in [2.05, 4.69) is 13.8 Å². The van der Waals surface area contributed by atoms with Gasteiger partial charge in [0, 0.05) is 0 Å². The van der Waals surface area contributed by atoms with Crippen molar-refractivity contribution in [3.8, 4) is 6.07 Å². The van der Waals surface area contributed by atoms with E-state index in [0.717, 1.165) is 5.76 Å². The van der Waals surface area contributed by atoms with Crippen molar-refractivity contribution in [3.63, 3.8) is 0 Å². The average Bonchev–Trinajstić information content (AvgIpc) is 1.98. The zero-order valence-corrected chi connectivity index (χ0v) is 7.64. The molecule has 0 radical (unpaired) electrons. The summed E-state index contributed by atoms with van der Waals surface area (Å²) in [5, 5.41) is 8.48. The van der Waals surface area contributed by atoms with Gasteiger partial charge in [0.1, 0.15) is 5.76 Å². The molecule has 0 unspecified atom stereocenters. The SMILES string of the molecule is CC(C#N)=C(C)OCC(C)C. The summed E-state index contributed by atoms with van der Waals surface area (Å²) in [4.78, 5) is 0. The molecular formula is C9H15NO. The highest BCUT2D eigenvalue weighted by atomic mass is 16.5. The van der Waals surface area contributed by atoms with Crippen LogP contribution >= 0.6 is 0 Å². The van der Waals surface area contributed by atoms with Crippen LogP contribution in [0.25, 0.3) is 0 Å². The van der Waals surface area contributed by atoms with Crippen molar-refractivity contribution < 1.29 is 4.74 Å². The van der Waals surface area contributed by atoms with Crippen LogP contribution in [0.3, 0.4) is 0 Å². The molecule has 0 amide bonds. The van der Waals surface area contributed by atoms with Crippen LogP contribution in [0.2, 0.25) is 0 Å². The molecule has 0 spiro atoms. The summed E-state index contributed by atoms with van der Waals surface area (Å²) in [6.45, 7) is 8.42. The van der Waals surface area contributed by atoms with E-state index in [1.807, 2.05) is 13.0 Å². The van der Waals surface area contributed by atoms with Crippen molar-refractivity contribution in [2.24, 2.45) is 5.92 Å². The molecule has 0 aromatic heterocycles. The van der Waals surface area contributed by atoms with Gasteiger partial charge in [0.05, 0.1) is 18.2 Å². The summed E-state index contributed by atoms with van der Waals surface area (Å²) in [5.74, 6) is 1.25. The van der Waals surface area contributed by atoms with Crippen molar-refractivity contribution in [2.75, 3.05) is 6.61 Å². The molecule has 0 bridgehead atoms. The van der Waals surface area contributed by atoms with Crippen molar-refractivity contribution in [1.29, 1.82) is 5.26 Å². The van der Waals surface area contributed by atoms with Gasteiger partial charge in [0.25, 0.3) is 0 Å². The highest BCUT2D eigenvalue weighted by Crippen LogP contribution is 2.05. The number of rotatable bonds is 3. The molecule has 62 valence electrons. The summed E-state index contributed by atoms with van der Waals surface area (Å²) < 4.78 is 5.31. The second-order valence-corrected chi connectivity index (χ2v) is 3.00. The molecule has 0 aromatic rings. The largest absolute Gasteiger partial charge is 0.497 e. The smallest absolute Gasteiger partial charge is 0.106 e. The third kappa shape index (κ3) is 4.44. The van der Waals surface area contributed by atoms with Gasteiger partial charge in [-0.2, -0.15) is 5.26 Å². The molecule has 0 fully saturated rings. The lowest BCUT2D eigenvalue weighted by Gasteiger charge is -2.08. The normalized spacial score (nSPS) is 12.4. The first-order chi connectivity index (χ1) is 5.07. The van der Waals surface area contributed by atoms with Crippen LogP contribution in [0.4, 0.5) is 0 Å². The summed E-state index contributed by atoms with van der Waals surface area (Å²) >= 11 is 0. The molecule has 2 heteroatoms. The fourth-order valence-electron chi connectivity index (χ4n) is 0.479. The number of allylic oxidation sites excluding steroid dienone is 2. The van der Waals surface area contributed by atoms with Gasteiger partial charge in [-0.1, -0.05) is 13.8 Å². The number of hydrogen-bond acceptors (Lipinski definition) is 2. The lowest BCUT2D eigenvalue weighted by atomic mass is 10.2. The molecule has 0 rings (SSSR count). The fraction of sp³-hybridized carbons (Fsp3) is 0.667. The van der Waals surface area contributed by atoms with Crippen LogP contribution in [0.15, 0.2) is 11.3 Å². The van der Waals surface area contributed by atoms with Crippen molar-refractivity contribution in [1.82, 2.24) is 0 Å². The van der Waals surface area contributed by atoms with Gasteiger partial charge >= 0.3 is 0 Å². The van der Waals surface area contributed by atoms with Crippen LogP contribution in [-0.4, -0.2) is 6.61 Å². The number of nitriles is 1. The van der Waals surface area contributed by atoms with Crippen LogP contribution in [0, 0.1) is 17.2 Å². The second-order valence-electron chi connectivity index (χ2n) is 3.00. The predicted octanol–water partition coefficient (Wildman–Crippen LogP) is 2.48. The Kier molecular flexibility index (Phi) is 4.36. The molecule has 11 heavy (non-hydrogen) atoms. The van der Waals surface area contributed by atoms with E-state index in [1.165, 1.54) is 0 Å². The molecule has 0 aromatic carbocycles. The summed E-state index contributed by atoms with van der Waals surface area (Å²) in [7, 11) is 0. The summed E-state index contributed by atoms with van der Waals surface area (Å²) in [5.41, 5.74) is 0.658. The molecule has 0 atom stereocenters. The van der Waals surface area contributed by atoms with Gasteiger partial charge in [-0.15, -0.1) is 0 Å². The highest BCUT2D eigenvalue weighted by Gasteiger charge is 1.98. The Hall–Kier alpha value is -0.970. The van der Waals surface area contributed by atoms with Gasteiger partial charge in [-0.3, -0.25) is 0 Å². The molecule has 0 heterocycles. The van der Waals surface area contributed by atoms with E-state index in [0.29, 0.717) is 18.1 Å². The first-order valence-corrected chi connectivity index (χ1v) is 3.78. The van der Waals surface area contributed by atoms with Crippen LogP contribution < -0.4 is 0 Å². The Labute approximate surface area is 68.5 Å². The predicted molar refractivity (Wildman–Crippen MR) is 44.8 cm³/mol. The van der Waals surface area contributed by atoms with Gasteiger partial charge in [0.15, 0.2) is 0 Å². The molecule has 0 N–H and O–H groups in total. The third-order valence-electron chi connectivity index (χ3n) is 1.33. The topological polar surface area (TPSA) is 33.0 Å². The molecular weight excluding hydrogens is 138 g/mol. The second kappa shape index (κ2) is 4.79. The minimum absolute atomic E-state index is 0.511. The Morgan fingerprint density at radius 2 is 2.00 bits per heavy atom. The molecule has 0 saturated carbocycles. The van der Waals surface area contributed by atoms with Gasteiger partial charge in [0.2, 0.25) is 0 Å². The van der Waals surface area contributed by atoms with E-state index in [4.69, 9.17) is 10.00 Å². The van der Waals surface area contributed by atoms with E-state index in [1.54, 1.807) is 6.92 Å². The lowest BCUT2D eigenvalue weighted by molar-refractivity contribution is 0.179. The minimum Gasteiger partial charge on any atom is -0.497 e. The van der Waals surface area contributed by atoms with Crippen molar-refractivity contribution in [2.45, 2.75) is 27.7 Å². The van der Waals surface area contributed by atoms with E-state index in [-0.39, 0.29) is 0 Å². The van der Waals surface area contributed by atoms with Gasteiger partial charge in [-0.05, 0) is 19.8 Å². The average molecular weight is 153 g/mol. The maximum absolute atomic E-state index is 8.48. The summed E-state index contributed by atoms with van der Waals surface area (Å²) in [6.07, 6.45) is 0. The quantitative estimate of drug-likeness (QED) is 0.461. The number of nitrogens with zero attached hydrogens (tertiary/aromatic N) is 1. The van der Waals surface area contributed by atoms with Crippen molar-refractivity contribution in [3.05, 3.63) is 11.3 Å². The van der Waals surface area contributed by atoms with E-state index >= 15 is 0 Å². The van der Waals surface area contributed by atoms with Crippen molar-refractivity contribution >= 4 is 0 Å². The first kappa shape index (κ1) is 10.0. The molecule has 2 nitrogen and oxygen atoms in total. The Morgan fingerprint density at radius 3 is 2.36 bits per heavy atom. The maximum atomic E-state index is 8.48.